The van der Waals surface area contributed by atoms with Crippen LogP contribution in [0.5, 0.6) is 0 Å². The van der Waals surface area contributed by atoms with Gasteiger partial charge in [-0.05, 0) is 50.1 Å². The van der Waals surface area contributed by atoms with E-state index < -0.39 is 10.0 Å². The predicted molar refractivity (Wildman–Crippen MR) is 92.4 cm³/mol. The van der Waals surface area contributed by atoms with Gasteiger partial charge < -0.3 is 5.73 Å². The fourth-order valence-corrected chi connectivity index (χ4v) is 5.21. The maximum absolute atomic E-state index is 12.4. The van der Waals surface area contributed by atoms with E-state index in [1.165, 1.54) is 0 Å². The minimum Gasteiger partial charge on any atom is -0.389 e. The van der Waals surface area contributed by atoms with Gasteiger partial charge in [-0.25, -0.2) is 13.1 Å². The molecule has 0 bridgehead atoms. The first-order chi connectivity index (χ1) is 9.73. The fraction of sp³-hybridized carbons (Fsp3) is 0.500. The summed E-state index contributed by atoms with van der Waals surface area (Å²) in [6.07, 6.45) is 2.18. The van der Waals surface area contributed by atoms with Crippen molar-refractivity contribution >= 4 is 39.0 Å². The molecule has 0 amide bonds. The third-order valence-electron chi connectivity index (χ3n) is 3.71. The van der Waals surface area contributed by atoms with E-state index in [1.807, 2.05) is 18.7 Å². The van der Waals surface area contributed by atoms with Crippen LogP contribution in [0.4, 0.5) is 0 Å². The molecule has 21 heavy (non-hydrogen) atoms. The van der Waals surface area contributed by atoms with Gasteiger partial charge in [-0.15, -0.1) is 0 Å². The Labute approximate surface area is 135 Å². The quantitative estimate of drug-likeness (QED) is 0.801. The van der Waals surface area contributed by atoms with Crippen LogP contribution < -0.4 is 10.5 Å². The number of nitrogens with one attached hydrogen (secondary N) is 1. The molecule has 1 heterocycles. The van der Waals surface area contributed by atoms with E-state index >= 15 is 0 Å². The number of hydrogen-bond donors (Lipinski definition) is 2. The van der Waals surface area contributed by atoms with E-state index in [9.17, 15) is 8.42 Å². The van der Waals surface area contributed by atoms with Crippen LogP contribution >= 0.6 is 24.0 Å². The molecule has 0 radical (unpaired) electrons. The average molecular weight is 345 g/mol. The zero-order valence-corrected chi connectivity index (χ0v) is 14.6. The largest absolute Gasteiger partial charge is 0.389 e. The Morgan fingerprint density at radius 1 is 1.52 bits per heavy atom. The number of rotatable bonds is 5. The summed E-state index contributed by atoms with van der Waals surface area (Å²) in [5.74, 6) is 1.10. The Hall–Kier alpha value is -0.630. The van der Waals surface area contributed by atoms with Crippen molar-refractivity contribution in [3.63, 3.8) is 0 Å². The number of hydrogen-bond acceptors (Lipinski definition) is 4. The summed E-state index contributed by atoms with van der Waals surface area (Å²) in [5, 5.41) is 0. The third kappa shape index (κ3) is 3.97. The predicted octanol–water partition coefficient (Wildman–Crippen LogP) is 2.19. The minimum atomic E-state index is -3.50. The second-order valence-corrected chi connectivity index (χ2v) is 9.46. The highest BCUT2D eigenvalue weighted by atomic mass is 32.2. The first-order valence-corrected chi connectivity index (χ1v) is 9.65. The van der Waals surface area contributed by atoms with Crippen LogP contribution in [-0.4, -0.2) is 30.5 Å². The van der Waals surface area contributed by atoms with Crippen LogP contribution in [0.25, 0.3) is 0 Å². The van der Waals surface area contributed by atoms with Gasteiger partial charge in [0.25, 0.3) is 0 Å². The summed E-state index contributed by atoms with van der Waals surface area (Å²) in [4.78, 5) is 0.533. The van der Waals surface area contributed by atoms with Gasteiger partial charge in [0.15, 0.2) is 0 Å². The standard InChI is InChI=1S/C14H20N2O2S3/c1-10-8-11(4-5-12(10)13(15)19)21(17,18)16-9-14(2)6-3-7-20-14/h4-5,8,16H,3,6-7,9H2,1-2H3,(H2,15,19). The van der Waals surface area contributed by atoms with Crippen LogP contribution in [0.1, 0.15) is 30.9 Å². The van der Waals surface area contributed by atoms with Gasteiger partial charge >= 0.3 is 0 Å². The average Bonchev–Trinajstić information content (AvgIpc) is 2.84. The first-order valence-electron chi connectivity index (χ1n) is 6.78. The zero-order chi connectivity index (χ0) is 15.7. The second kappa shape index (κ2) is 6.24. The lowest BCUT2D eigenvalue weighted by atomic mass is 10.1. The molecule has 1 aliphatic rings. The van der Waals surface area contributed by atoms with Gasteiger partial charge in [-0.2, -0.15) is 11.8 Å². The molecule has 0 saturated carbocycles. The van der Waals surface area contributed by atoms with E-state index in [0.29, 0.717) is 12.1 Å². The lowest BCUT2D eigenvalue weighted by Crippen LogP contribution is -2.36. The number of aryl methyl sites for hydroxylation is 1. The molecule has 1 unspecified atom stereocenters. The molecule has 3 N–H and O–H groups in total. The molecular weight excluding hydrogens is 324 g/mol. The van der Waals surface area contributed by atoms with Crippen molar-refractivity contribution in [2.24, 2.45) is 5.73 Å². The van der Waals surface area contributed by atoms with Crippen molar-refractivity contribution in [3.05, 3.63) is 29.3 Å². The summed E-state index contributed by atoms with van der Waals surface area (Å²) in [6.45, 7) is 4.37. The second-order valence-electron chi connectivity index (χ2n) is 5.57. The SMILES string of the molecule is Cc1cc(S(=O)(=O)NCC2(C)CCCS2)ccc1C(N)=S. The summed E-state index contributed by atoms with van der Waals surface area (Å²) >= 11 is 6.76. The van der Waals surface area contributed by atoms with Crippen molar-refractivity contribution in [1.29, 1.82) is 0 Å². The summed E-state index contributed by atoms with van der Waals surface area (Å²) in [6, 6.07) is 4.83. The van der Waals surface area contributed by atoms with Gasteiger partial charge in [-0.3, -0.25) is 0 Å². The lowest BCUT2D eigenvalue weighted by molar-refractivity contribution is 0.552. The molecule has 0 aliphatic carbocycles. The monoisotopic (exact) mass is 344 g/mol. The van der Waals surface area contributed by atoms with Crippen LogP contribution in [0.15, 0.2) is 23.1 Å². The molecular formula is C14H20N2O2S3. The molecule has 4 nitrogen and oxygen atoms in total. The van der Waals surface area contributed by atoms with Crippen molar-refractivity contribution in [2.75, 3.05) is 12.3 Å². The number of thiocarbonyl (C=S) groups is 1. The number of nitrogens with two attached hydrogens (primary N) is 1. The molecule has 1 fully saturated rings. The first kappa shape index (κ1) is 16.7. The Balaban J connectivity index is 2.16. The summed E-state index contributed by atoms with van der Waals surface area (Å²) in [5.41, 5.74) is 7.08. The van der Waals surface area contributed by atoms with Crippen molar-refractivity contribution < 1.29 is 8.42 Å². The van der Waals surface area contributed by atoms with Crippen molar-refractivity contribution in [2.45, 2.75) is 36.3 Å². The maximum atomic E-state index is 12.4. The molecule has 1 aromatic rings. The maximum Gasteiger partial charge on any atom is 0.240 e. The minimum absolute atomic E-state index is 0.000873. The van der Waals surface area contributed by atoms with E-state index in [2.05, 4.69) is 11.6 Å². The van der Waals surface area contributed by atoms with Gasteiger partial charge in [0.2, 0.25) is 10.0 Å². The highest BCUT2D eigenvalue weighted by molar-refractivity contribution is 8.01. The molecule has 2 rings (SSSR count). The summed E-state index contributed by atoms with van der Waals surface area (Å²) in [7, 11) is -3.50. The summed E-state index contributed by atoms with van der Waals surface area (Å²) < 4.78 is 27.5. The van der Waals surface area contributed by atoms with E-state index in [1.54, 1.807) is 18.2 Å². The smallest absolute Gasteiger partial charge is 0.240 e. The number of thioether (sulfide) groups is 1. The number of benzene rings is 1. The molecule has 0 spiro atoms. The van der Waals surface area contributed by atoms with E-state index in [4.69, 9.17) is 18.0 Å². The van der Waals surface area contributed by atoms with Crippen LogP contribution in [-0.2, 0) is 10.0 Å². The Bertz CT molecular complexity index is 650. The Kier molecular flexibility index (Phi) is 4.97. The zero-order valence-electron chi connectivity index (χ0n) is 12.2. The van der Waals surface area contributed by atoms with Gasteiger partial charge in [0.1, 0.15) is 4.99 Å². The Morgan fingerprint density at radius 2 is 2.24 bits per heavy atom. The Morgan fingerprint density at radius 3 is 2.76 bits per heavy atom. The van der Waals surface area contributed by atoms with Crippen LogP contribution in [0.3, 0.4) is 0 Å². The van der Waals surface area contributed by atoms with E-state index in [-0.39, 0.29) is 14.6 Å². The van der Waals surface area contributed by atoms with Gasteiger partial charge in [0.05, 0.1) is 4.90 Å². The topological polar surface area (TPSA) is 72.2 Å². The highest BCUT2D eigenvalue weighted by Gasteiger charge is 2.31. The lowest BCUT2D eigenvalue weighted by Gasteiger charge is -2.22. The molecule has 1 aromatic carbocycles. The van der Waals surface area contributed by atoms with Crippen LogP contribution in [0, 0.1) is 6.92 Å². The highest BCUT2D eigenvalue weighted by Crippen LogP contribution is 2.37. The van der Waals surface area contributed by atoms with Crippen molar-refractivity contribution in [1.82, 2.24) is 4.72 Å². The van der Waals surface area contributed by atoms with Gasteiger partial charge in [-0.1, -0.05) is 18.3 Å². The molecule has 7 heteroatoms. The normalized spacial score (nSPS) is 22.4. The third-order valence-corrected chi connectivity index (χ3v) is 6.87. The molecule has 116 valence electrons. The molecule has 1 aliphatic heterocycles. The number of sulfonamides is 1. The van der Waals surface area contributed by atoms with Crippen LogP contribution in [0.2, 0.25) is 0 Å². The fourth-order valence-electron chi connectivity index (χ4n) is 2.39. The van der Waals surface area contributed by atoms with E-state index in [0.717, 1.165) is 24.2 Å². The van der Waals surface area contributed by atoms with Gasteiger partial charge in [0, 0.05) is 16.9 Å². The molecule has 1 saturated heterocycles. The molecule has 0 aromatic heterocycles. The van der Waals surface area contributed by atoms with Crippen molar-refractivity contribution in [3.8, 4) is 0 Å². The molecule has 1 atom stereocenters.